The van der Waals surface area contributed by atoms with Gasteiger partial charge in [-0.2, -0.15) is 0 Å². The minimum Gasteiger partial charge on any atom is -0.493 e. The van der Waals surface area contributed by atoms with Crippen LogP contribution in [0.3, 0.4) is 0 Å². The molecule has 1 unspecified atom stereocenters. The first-order chi connectivity index (χ1) is 16.5. The van der Waals surface area contributed by atoms with Crippen molar-refractivity contribution in [1.29, 1.82) is 0 Å². The Labute approximate surface area is 202 Å². The van der Waals surface area contributed by atoms with Crippen LogP contribution in [-0.4, -0.2) is 62.7 Å². The number of hydrogen-bond donors (Lipinski definition) is 2. The number of ether oxygens (including phenoxy) is 2. The first kappa shape index (κ1) is 25.6. The maximum absolute atomic E-state index is 12.7. The zero-order valence-corrected chi connectivity index (χ0v) is 20.5. The summed E-state index contributed by atoms with van der Waals surface area (Å²) < 4.78 is 10.6. The fourth-order valence-corrected chi connectivity index (χ4v) is 4.31. The van der Waals surface area contributed by atoms with E-state index < -0.39 is 0 Å². The molecule has 2 aromatic carbocycles. The van der Waals surface area contributed by atoms with Gasteiger partial charge in [-0.25, -0.2) is 0 Å². The number of aryl methyl sites for hydroxylation is 1. The van der Waals surface area contributed by atoms with Gasteiger partial charge in [0.2, 0.25) is 11.8 Å². The third-order valence-electron chi connectivity index (χ3n) is 6.47. The van der Waals surface area contributed by atoms with Gasteiger partial charge in [-0.05, 0) is 55.9 Å². The van der Waals surface area contributed by atoms with Crippen molar-refractivity contribution in [2.45, 2.75) is 51.1 Å². The second kappa shape index (κ2) is 13.0. The van der Waals surface area contributed by atoms with E-state index in [-0.39, 0.29) is 23.9 Å². The van der Waals surface area contributed by atoms with E-state index in [1.54, 1.807) is 14.2 Å². The summed E-state index contributed by atoms with van der Waals surface area (Å²) in [6.07, 6.45) is 3.70. The Hall–Kier alpha value is -3.06. The molecule has 7 heteroatoms. The molecule has 7 nitrogen and oxygen atoms in total. The predicted octanol–water partition coefficient (Wildman–Crippen LogP) is 2.96. The number of likely N-dealkylation sites (tertiary alicyclic amines) is 1. The first-order valence-electron chi connectivity index (χ1n) is 12.1. The highest BCUT2D eigenvalue weighted by atomic mass is 16.5. The Morgan fingerprint density at radius 2 is 1.68 bits per heavy atom. The molecular weight excluding hydrogens is 430 g/mol. The summed E-state index contributed by atoms with van der Waals surface area (Å²) in [5.74, 6) is 1.52. The van der Waals surface area contributed by atoms with E-state index in [2.05, 4.69) is 15.5 Å². The maximum atomic E-state index is 12.7. The number of rotatable bonds is 11. The standard InChI is InChI=1S/C27H37N3O4/c1-20(27(32)28-16-13-22-9-11-24(33-2)25(19-22)34-3)30-17-14-23(15-18-30)29-26(31)12-10-21-7-5-4-6-8-21/h4-9,11,19-20,23H,10,12-18H2,1-3H3,(H,28,32)(H,29,31). The molecule has 1 heterocycles. The second-order valence-electron chi connectivity index (χ2n) is 8.77. The number of nitrogens with zero attached hydrogens (tertiary/aromatic N) is 1. The molecule has 3 rings (SSSR count). The monoisotopic (exact) mass is 467 g/mol. The van der Waals surface area contributed by atoms with E-state index in [4.69, 9.17) is 9.47 Å². The smallest absolute Gasteiger partial charge is 0.237 e. The molecule has 1 atom stereocenters. The molecule has 0 bridgehead atoms. The quantitative estimate of drug-likeness (QED) is 0.531. The molecule has 1 aliphatic heterocycles. The van der Waals surface area contributed by atoms with E-state index in [1.165, 1.54) is 5.56 Å². The van der Waals surface area contributed by atoms with Crippen molar-refractivity contribution in [3.63, 3.8) is 0 Å². The number of methoxy groups -OCH3 is 2. The lowest BCUT2D eigenvalue weighted by Gasteiger charge is -2.35. The molecule has 0 radical (unpaired) electrons. The van der Waals surface area contributed by atoms with E-state index >= 15 is 0 Å². The van der Waals surface area contributed by atoms with Gasteiger partial charge in [0, 0.05) is 32.1 Å². The molecule has 34 heavy (non-hydrogen) atoms. The van der Waals surface area contributed by atoms with Gasteiger partial charge < -0.3 is 20.1 Å². The number of carbonyl (C=O) groups is 2. The molecule has 0 aliphatic carbocycles. The molecule has 2 N–H and O–H groups in total. The highest BCUT2D eigenvalue weighted by Gasteiger charge is 2.27. The van der Waals surface area contributed by atoms with Crippen LogP contribution >= 0.6 is 0 Å². The zero-order chi connectivity index (χ0) is 24.3. The van der Waals surface area contributed by atoms with Crippen LogP contribution in [0.15, 0.2) is 48.5 Å². The molecule has 1 fully saturated rings. The fourth-order valence-electron chi connectivity index (χ4n) is 4.31. The number of amides is 2. The Balaban J connectivity index is 1.35. The molecule has 2 amide bonds. The average Bonchev–Trinajstić information content (AvgIpc) is 2.88. The van der Waals surface area contributed by atoms with Crippen molar-refractivity contribution < 1.29 is 19.1 Å². The van der Waals surface area contributed by atoms with Crippen LogP contribution in [0.25, 0.3) is 0 Å². The molecule has 0 aromatic heterocycles. The average molecular weight is 468 g/mol. The normalized spacial score (nSPS) is 15.4. The van der Waals surface area contributed by atoms with Crippen molar-refractivity contribution >= 4 is 11.8 Å². The Morgan fingerprint density at radius 3 is 2.35 bits per heavy atom. The molecular formula is C27H37N3O4. The summed E-state index contributed by atoms with van der Waals surface area (Å²) in [6.45, 7) is 4.11. The lowest BCUT2D eigenvalue weighted by Crippen LogP contribution is -2.51. The van der Waals surface area contributed by atoms with E-state index in [0.29, 0.717) is 24.5 Å². The number of benzene rings is 2. The number of hydrogen-bond acceptors (Lipinski definition) is 5. The summed E-state index contributed by atoms with van der Waals surface area (Å²) in [7, 11) is 3.23. The zero-order valence-electron chi connectivity index (χ0n) is 20.5. The highest BCUT2D eigenvalue weighted by Crippen LogP contribution is 2.27. The summed E-state index contributed by atoms with van der Waals surface area (Å²) in [6, 6.07) is 15.9. The molecule has 184 valence electrons. The minimum atomic E-state index is -0.194. The maximum Gasteiger partial charge on any atom is 0.237 e. The van der Waals surface area contributed by atoms with Gasteiger partial charge in [-0.3, -0.25) is 14.5 Å². The summed E-state index contributed by atoms with van der Waals surface area (Å²) in [5.41, 5.74) is 2.26. The van der Waals surface area contributed by atoms with Crippen molar-refractivity contribution in [3.05, 3.63) is 59.7 Å². The van der Waals surface area contributed by atoms with Gasteiger partial charge in [0.15, 0.2) is 11.5 Å². The fraction of sp³-hybridized carbons (Fsp3) is 0.481. The van der Waals surface area contributed by atoms with Crippen LogP contribution in [0.1, 0.15) is 37.3 Å². The van der Waals surface area contributed by atoms with E-state index in [1.807, 2.05) is 55.5 Å². The van der Waals surface area contributed by atoms with Gasteiger partial charge >= 0.3 is 0 Å². The third-order valence-corrected chi connectivity index (χ3v) is 6.47. The molecule has 0 saturated carbocycles. The van der Waals surface area contributed by atoms with Crippen molar-refractivity contribution in [2.24, 2.45) is 0 Å². The Bertz CT molecular complexity index is 927. The first-order valence-corrected chi connectivity index (χ1v) is 12.1. The van der Waals surface area contributed by atoms with Crippen LogP contribution in [0, 0.1) is 0 Å². The molecule has 1 saturated heterocycles. The van der Waals surface area contributed by atoms with Gasteiger partial charge in [-0.1, -0.05) is 36.4 Å². The van der Waals surface area contributed by atoms with E-state index in [0.717, 1.165) is 44.3 Å². The molecule has 1 aliphatic rings. The van der Waals surface area contributed by atoms with Crippen LogP contribution in [0.4, 0.5) is 0 Å². The lowest BCUT2D eigenvalue weighted by molar-refractivity contribution is -0.127. The summed E-state index contributed by atoms with van der Waals surface area (Å²) >= 11 is 0. The van der Waals surface area contributed by atoms with Gasteiger partial charge in [0.1, 0.15) is 0 Å². The largest absolute Gasteiger partial charge is 0.493 e. The summed E-state index contributed by atoms with van der Waals surface area (Å²) in [5, 5.41) is 6.21. The van der Waals surface area contributed by atoms with Gasteiger partial charge in [-0.15, -0.1) is 0 Å². The Morgan fingerprint density at radius 1 is 0.971 bits per heavy atom. The van der Waals surface area contributed by atoms with Crippen molar-refractivity contribution in [1.82, 2.24) is 15.5 Å². The second-order valence-corrected chi connectivity index (χ2v) is 8.77. The Kier molecular flexibility index (Phi) is 9.76. The van der Waals surface area contributed by atoms with Crippen LogP contribution < -0.4 is 20.1 Å². The lowest BCUT2D eigenvalue weighted by atomic mass is 10.0. The highest BCUT2D eigenvalue weighted by molar-refractivity contribution is 5.81. The minimum absolute atomic E-state index is 0.0332. The SMILES string of the molecule is COc1ccc(CCNC(=O)C(C)N2CCC(NC(=O)CCc3ccccc3)CC2)cc1OC. The number of piperidine rings is 1. The number of carbonyl (C=O) groups excluding carboxylic acids is 2. The van der Waals surface area contributed by atoms with Gasteiger partial charge in [0.05, 0.1) is 20.3 Å². The van der Waals surface area contributed by atoms with Crippen LogP contribution in [0.2, 0.25) is 0 Å². The van der Waals surface area contributed by atoms with Crippen LogP contribution in [0.5, 0.6) is 11.5 Å². The van der Waals surface area contributed by atoms with E-state index in [9.17, 15) is 9.59 Å². The number of nitrogens with one attached hydrogen (secondary N) is 2. The topological polar surface area (TPSA) is 79.9 Å². The molecule has 2 aromatic rings. The van der Waals surface area contributed by atoms with Gasteiger partial charge in [0.25, 0.3) is 0 Å². The van der Waals surface area contributed by atoms with Crippen molar-refractivity contribution in [3.8, 4) is 11.5 Å². The predicted molar refractivity (Wildman–Crippen MR) is 133 cm³/mol. The molecule has 0 spiro atoms. The van der Waals surface area contributed by atoms with Crippen LogP contribution in [-0.2, 0) is 22.4 Å². The summed E-state index contributed by atoms with van der Waals surface area (Å²) in [4.78, 5) is 27.2. The van der Waals surface area contributed by atoms with Crippen molar-refractivity contribution in [2.75, 3.05) is 33.9 Å². The third kappa shape index (κ3) is 7.48.